The van der Waals surface area contributed by atoms with E-state index in [-0.39, 0.29) is 11.9 Å². The van der Waals surface area contributed by atoms with Gasteiger partial charge in [-0.2, -0.15) is 5.10 Å². The molecule has 0 bridgehead atoms. The summed E-state index contributed by atoms with van der Waals surface area (Å²) in [6.07, 6.45) is 1.80. The summed E-state index contributed by atoms with van der Waals surface area (Å²) in [6.45, 7) is 2.31. The molecule has 1 aliphatic heterocycles. The van der Waals surface area contributed by atoms with Gasteiger partial charge in [-0.25, -0.2) is 0 Å². The van der Waals surface area contributed by atoms with E-state index in [0.717, 1.165) is 18.7 Å². The Bertz CT molecular complexity index is 593. The number of rotatable bonds is 2. The molecule has 1 aromatic carbocycles. The Labute approximate surface area is 118 Å². The third-order valence-electron chi connectivity index (χ3n) is 3.62. The van der Waals surface area contributed by atoms with Gasteiger partial charge in [0.15, 0.2) is 0 Å². The molecule has 1 aliphatic rings. The summed E-state index contributed by atoms with van der Waals surface area (Å²) in [5, 5.41) is 7.57. The van der Waals surface area contributed by atoms with E-state index < -0.39 is 0 Å². The Hall–Kier alpha value is -2.14. The van der Waals surface area contributed by atoms with E-state index in [1.54, 1.807) is 16.9 Å². The number of nitrogens with zero attached hydrogens (tertiary/aromatic N) is 3. The average Bonchev–Trinajstić information content (AvgIpc) is 2.94. The molecular weight excluding hydrogens is 252 g/mol. The van der Waals surface area contributed by atoms with Crippen LogP contribution in [0.1, 0.15) is 22.1 Å². The van der Waals surface area contributed by atoms with Crippen LogP contribution >= 0.6 is 0 Å². The van der Waals surface area contributed by atoms with Crippen molar-refractivity contribution in [3.63, 3.8) is 0 Å². The summed E-state index contributed by atoms with van der Waals surface area (Å²) in [7, 11) is 1.82. The van der Waals surface area contributed by atoms with Crippen molar-refractivity contribution in [2.24, 2.45) is 7.05 Å². The molecule has 1 atom stereocenters. The molecule has 1 saturated heterocycles. The Morgan fingerprint density at radius 2 is 2.10 bits per heavy atom. The quantitative estimate of drug-likeness (QED) is 0.892. The van der Waals surface area contributed by atoms with E-state index in [4.69, 9.17) is 0 Å². The van der Waals surface area contributed by atoms with Gasteiger partial charge in [0.1, 0.15) is 5.69 Å². The molecule has 20 heavy (non-hydrogen) atoms. The van der Waals surface area contributed by atoms with Crippen molar-refractivity contribution in [1.29, 1.82) is 0 Å². The lowest BCUT2D eigenvalue weighted by atomic mass is 10.0. The SMILES string of the molecule is Cn1ccc(C(=O)N2CCNCC2c2ccccc2)n1. The molecule has 1 unspecified atom stereocenters. The molecule has 2 heterocycles. The molecule has 3 rings (SSSR count). The molecule has 1 fully saturated rings. The number of nitrogens with one attached hydrogen (secondary N) is 1. The lowest BCUT2D eigenvalue weighted by Gasteiger charge is -2.36. The zero-order chi connectivity index (χ0) is 13.9. The van der Waals surface area contributed by atoms with E-state index in [9.17, 15) is 4.79 Å². The van der Waals surface area contributed by atoms with E-state index in [1.165, 1.54) is 0 Å². The maximum Gasteiger partial charge on any atom is 0.274 e. The van der Waals surface area contributed by atoms with Crippen molar-refractivity contribution in [1.82, 2.24) is 20.0 Å². The minimum absolute atomic E-state index is 0.000882. The molecule has 1 aromatic heterocycles. The zero-order valence-corrected chi connectivity index (χ0v) is 11.5. The minimum Gasteiger partial charge on any atom is -0.328 e. The first-order valence-corrected chi connectivity index (χ1v) is 6.82. The van der Waals surface area contributed by atoms with Crippen LogP contribution in [-0.2, 0) is 7.05 Å². The monoisotopic (exact) mass is 270 g/mol. The molecule has 104 valence electrons. The third kappa shape index (κ3) is 2.44. The van der Waals surface area contributed by atoms with Gasteiger partial charge < -0.3 is 10.2 Å². The Kier molecular flexibility index (Phi) is 3.52. The summed E-state index contributed by atoms with van der Waals surface area (Å²) < 4.78 is 1.66. The van der Waals surface area contributed by atoms with Crippen LogP contribution in [0.4, 0.5) is 0 Å². The molecule has 0 aliphatic carbocycles. The number of piperazine rings is 1. The van der Waals surface area contributed by atoms with Gasteiger partial charge in [0.25, 0.3) is 5.91 Å². The van der Waals surface area contributed by atoms with E-state index in [1.807, 2.05) is 30.1 Å². The maximum atomic E-state index is 12.6. The number of carbonyl (C=O) groups excluding carboxylic acids is 1. The highest BCUT2D eigenvalue weighted by Crippen LogP contribution is 2.23. The predicted octanol–water partition coefficient (Wildman–Crippen LogP) is 1.21. The van der Waals surface area contributed by atoms with Crippen molar-refractivity contribution in [3.05, 3.63) is 53.9 Å². The number of aromatic nitrogens is 2. The summed E-state index contributed by atoms with van der Waals surface area (Å²) in [6, 6.07) is 12.0. The molecule has 0 spiro atoms. The third-order valence-corrected chi connectivity index (χ3v) is 3.62. The van der Waals surface area contributed by atoms with E-state index in [2.05, 4.69) is 22.5 Å². The van der Waals surface area contributed by atoms with Gasteiger partial charge >= 0.3 is 0 Å². The van der Waals surface area contributed by atoms with Crippen LogP contribution < -0.4 is 5.32 Å². The number of benzene rings is 1. The van der Waals surface area contributed by atoms with Crippen LogP contribution in [0.2, 0.25) is 0 Å². The summed E-state index contributed by atoms with van der Waals surface area (Å²) in [4.78, 5) is 14.5. The predicted molar refractivity (Wildman–Crippen MR) is 76.3 cm³/mol. The highest BCUT2D eigenvalue weighted by Gasteiger charge is 2.29. The maximum absolute atomic E-state index is 12.6. The fourth-order valence-corrected chi connectivity index (χ4v) is 2.60. The Morgan fingerprint density at radius 3 is 2.80 bits per heavy atom. The first kappa shape index (κ1) is 12.9. The van der Waals surface area contributed by atoms with Gasteiger partial charge in [-0.05, 0) is 11.6 Å². The number of carbonyl (C=O) groups is 1. The molecule has 1 amide bonds. The highest BCUT2D eigenvalue weighted by atomic mass is 16.2. The molecule has 0 saturated carbocycles. The molecule has 2 aromatic rings. The number of amides is 1. The summed E-state index contributed by atoms with van der Waals surface area (Å²) in [5.41, 5.74) is 1.67. The van der Waals surface area contributed by atoms with Crippen LogP contribution in [0.25, 0.3) is 0 Å². The molecule has 0 radical (unpaired) electrons. The normalized spacial score (nSPS) is 19.1. The van der Waals surface area contributed by atoms with E-state index in [0.29, 0.717) is 12.2 Å². The van der Waals surface area contributed by atoms with Gasteiger partial charge in [-0.3, -0.25) is 9.48 Å². The van der Waals surface area contributed by atoms with Crippen LogP contribution in [0.3, 0.4) is 0 Å². The van der Waals surface area contributed by atoms with Crippen LogP contribution in [0.15, 0.2) is 42.6 Å². The Balaban J connectivity index is 1.87. The second-order valence-electron chi connectivity index (χ2n) is 5.00. The van der Waals surface area contributed by atoms with Crippen molar-refractivity contribution >= 4 is 5.91 Å². The van der Waals surface area contributed by atoms with Gasteiger partial charge in [0.2, 0.25) is 0 Å². The second-order valence-corrected chi connectivity index (χ2v) is 5.00. The molecular formula is C15H18N4O. The van der Waals surface area contributed by atoms with Crippen molar-refractivity contribution < 1.29 is 4.79 Å². The number of hydrogen-bond acceptors (Lipinski definition) is 3. The summed E-state index contributed by atoms with van der Waals surface area (Å²) in [5.74, 6) is 0.000882. The fourth-order valence-electron chi connectivity index (χ4n) is 2.60. The van der Waals surface area contributed by atoms with Gasteiger partial charge in [0, 0.05) is 32.9 Å². The second kappa shape index (κ2) is 5.46. The van der Waals surface area contributed by atoms with E-state index >= 15 is 0 Å². The van der Waals surface area contributed by atoms with Gasteiger partial charge in [-0.15, -0.1) is 0 Å². The van der Waals surface area contributed by atoms with Crippen molar-refractivity contribution in [2.75, 3.05) is 19.6 Å². The van der Waals surface area contributed by atoms with Crippen molar-refractivity contribution in [3.8, 4) is 0 Å². The first-order valence-electron chi connectivity index (χ1n) is 6.82. The van der Waals surface area contributed by atoms with Crippen LogP contribution in [-0.4, -0.2) is 40.2 Å². The molecule has 5 heteroatoms. The topological polar surface area (TPSA) is 50.2 Å². The lowest BCUT2D eigenvalue weighted by Crippen LogP contribution is -2.48. The average molecular weight is 270 g/mol. The highest BCUT2D eigenvalue weighted by molar-refractivity contribution is 5.92. The minimum atomic E-state index is 0.000882. The lowest BCUT2D eigenvalue weighted by molar-refractivity contribution is 0.0627. The Morgan fingerprint density at radius 1 is 1.30 bits per heavy atom. The standard InChI is InChI=1S/C15H18N4O/c1-18-9-7-13(17-18)15(20)19-10-8-16-11-14(19)12-5-3-2-4-6-12/h2-7,9,14,16H,8,10-11H2,1H3. The molecule has 5 nitrogen and oxygen atoms in total. The number of aryl methyl sites for hydroxylation is 1. The fraction of sp³-hybridized carbons (Fsp3) is 0.333. The largest absolute Gasteiger partial charge is 0.328 e. The molecule has 1 N–H and O–H groups in total. The van der Waals surface area contributed by atoms with Crippen LogP contribution in [0, 0.1) is 0 Å². The van der Waals surface area contributed by atoms with Gasteiger partial charge in [-0.1, -0.05) is 30.3 Å². The van der Waals surface area contributed by atoms with Crippen LogP contribution in [0.5, 0.6) is 0 Å². The number of hydrogen-bond donors (Lipinski definition) is 1. The van der Waals surface area contributed by atoms with Gasteiger partial charge in [0.05, 0.1) is 6.04 Å². The summed E-state index contributed by atoms with van der Waals surface area (Å²) >= 11 is 0. The first-order chi connectivity index (χ1) is 9.75. The van der Waals surface area contributed by atoms with Crippen molar-refractivity contribution in [2.45, 2.75) is 6.04 Å². The smallest absolute Gasteiger partial charge is 0.274 e. The zero-order valence-electron chi connectivity index (χ0n) is 11.5.